The van der Waals surface area contributed by atoms with Crippen LogP contribution in [0, 0.1) is 11.8 Å². The summed E-state index contributed by atoms with van der Waals surface area (Å²) in [5.74, 6) is -1.41. The fraction of sp³-hybridized carbons (Fsp3) is 0.333. The highest BCUT2D eigenvalue weighted by Gasteiger charge is 2.74. The summed E-state index contributed by atoms with van der Waals surface area (Å²) in [6.07, 6.45) is -4.02. The molecule has 0 bridgehead atoms. The fourth-order valence-corrected chi connectivity index (χ4v) is 9.18. The maximum atomic E-state index is 14.3. The second-order valence-electron chi connectivity index (χ2n) is 10.0. The van der Waals surface area contributed by atoms with E-state index < -0.39 is 51.2 Å². The summed E-state index contributed by atoms with van der Waals surface area (Å²) >= 11 is 1.08. The van der Waals surface area contributed by atoms with Crippen molar-refractivity contribution in [1.82, 2.24) is 9.21 Å². The number of nitrogens with zero attached hydrogens (tertiary/aromatic N) is 3. The number of sulfonamides is 1. The molecule has 0 aliphatic carbocycles. The SMILES string of the molecule is CC[C@@H]1[C@H](c2ccc(C(F)(F)F)cc2)N2C(=O)N(c3ccccc3)C(=O)[C@@]23CN(S(=O)(=O)c2cccs2)C[C@@H]13. The third kappa shape index (κ3) is 3.68. The first kappa shape index (κ1) is 26.0. The molecule has 3 fully saturated rings. The van der Waals surface area contributed by atoms with Gasteiger partial charge in [-0.05, 0) is 47.2 Å². The molecular formula is C27H24F3N3O4S2. The maximum absolute atomic E-state index is 14.3. The number of carbonyl (C=O) groups excluding carboxylic acids is 2. The second kappa shape index (κ2) is 8.90. The van der Waals surface area contributed by atoms with Gasteiger partial charge < -0.3 is 4.90 Å². The highest BCUT2D eigenvalue weighted by molar-refractivity contribution is 7.91. The highest BCUT2D eigenvalue weighted by atomic mass is 32.2. The number of para-hydroxylation sites is 1. The molecule has 204 valence electrons. The molecule has 3 aliphatic heterocycles. The van der Waals surface area contributed by atoms with Crippen LogP contribution in [0.15, 0.2) is 76.3 Å². The van der Waals surface area contributed by atoms with Gasteiger partial charge in [-0.1, -0.05) is 49.7 Å². The van der Waals surface area contributed by atoms with Crippen molar-refractivity contribution < 1.29 is 31.2 Å². The van der Waals surface area contributed by atoms with Crippen molar-refractivity contribution in [3.63, 3.8) is 0 Å². The van der Waals surface area contributed by atoms with Crippen molar-refractivity contribution in [3.05, 3.63) is 83.2 Å². The number of hydrogen-bond donors (Lipinski definition) is 0. The quantitative estimate of drug-likeness (QED) is 0.383. The summed E-state index contributed by atoms with van der Waals surface area (Å²) in [6.45, 7) is 1.69. The molecule has 39 heavy (non-hydrogen) atoms. The standard InChI is InChI=1S/C27H24F3N3O4S2/c1-2-20-21-15-31(39(36,37)22-9-6-14-38-22)16-26(21)24(34)32(19-7-4-3-5-8-19)25(35)33(26)23(20)17-10-12-18(13-11-17)27(28,29)30/h3-14,20-21,23H,2,15-16H2,1H3/t20-,21-,23-,26-/m0/s1. The number of thiophene rings is 1. The van der Waals surface area contributed by atoms with Gasteiger partial charge in [0.15, 0.2) is 0 Å². The van der Waals surface area contributed by atoms with Crippen LogP contribution >= 0.6 is 11.3 Å². The lowest BCUT2D eigenvalue weighted by Gasteiger charge is -2.32. The Bertz CT molecular complexity index is 1530. The molecule has 0 saturated carbocycles. The lowest BCUT2D eigenvalue weighted by Crippen LogP contribution is -2.52. The van der Waals surface area contributed by atoms with Crippen LogP contribution in [0.2, 0.25) is 0 Å². The lowest BCUT2D eigenvalue weighted by atomic mass is 9.78. The molecule has 4 heterocycles. The highest BCUT2D eigenvalue weighted by Crippen LogP contribution is 2.59. The van der Waals surface area contributed by atoms with Crippen LogP contribution < -0.4 is 4.90 Å². The first-order valence-corrected chi connectivity index (χ1v) is 14.8. The van der Waals surface area contributed by atoms with E-state index in [1.165, 1.54) is 27.4 Å². The number of halogens is 3. The van der Waals surface area contributed by atoms with E-state index in [1.54, 1.807) is 41.8 Å². The number of anilines is 1. The van der Waals surface area contributed by atoms with Crippen molar-refractivity contribution in [3.8, 4) is 0 Å². The molecule has 3 amide bonds. The minimum Gasteiger partial charge on any atom is -0.300 e. The number of hydrogen-bond acceptors (Lipinski definition) is 5. The molecule has 4 atom stereocenters. The van der Waals surface area contributed by atoms with Gasteiger partial charge in [0.1, 0.15) is 9.75 Å². The second-order valence-corrected chi connectivity index (χ2v) is 13.1. The largest absolute Gasteiger partial charge is 0.416 e. The molecular weight excluding hydrogens is 551 g/mol. The molecule has 3 saturated heterocycles. The van der Waals surface area contributed by atoms with E-state index in [4.69, 9.17) is 0 Å². The van der Waals surface area contributed by atoms with Crippen molar-refractivity contribution in [2.45, 2.75) is 35.3 Å². The normalized spacial score (nSPS) is 27.3. The van der Waals surface area contributed by atoms with Crippen LogP contribution in [0.4, 0.5) is 23.7 Å². The Hall–Kier alpha value is -3.22. The molecule has 0 radical (unpaired) electrons. The Labute approximate surface area is 227 Å². The number of carbonyl (C=O) groups is 2. The molecule has 0 N–H and O–H groups in total. The van der Waals surface area contributed by atoms with Crippen LogP contribution in [0.3, 0.4) is 0 Å². The van der Waals surface area contributed by atoms with E-state index in [0.29, 0.717) is 17.7 Å². The predicted octanol–water partition coefficient (Wildman–Crippen LogP) is 5.38. The van der Waals surface area contributed by atoms with Gasteiger partial charge in [-0.25, -0.2) is 18.1 Å². The van der Waals surface area contributed by atoms with Crippen LogP contribution in [0.1, 0.15) is 30.5 Å². The maximum Gasteiger partial charge on any atom is 0.416 e. The number of benzene rings is 2. The Morgan fingerprint density at radius 1 is 1.00 bits per heavy atom. The zero-order valence-corrected chi connectivity index (χ0v) is 22.3. The smallest absolute Gasteiger partial charge is 0.300 e. The number of amides is 3. The van der Waals surface area contributed by atoms with E-state index >= 15 is 0 Å². The minimum atomic E-state index is -4.52. The van der Waals surface area contributed by atoms with Gasteiger partial charge in [-0.15, -0.1) is 11.3 Å². The molecule has 1 aromatic heterocycles. The average molecular weight is 576 g/mol. The Morgan fingerprint density at radius 3 is 2.28 bits per heavy atom. The fourth-order valence-electron chi connectivity index (χ4n) is 6.53. The van der Waals surface area contributed by atoms with E-state index in [-0.39, 0.29) is 23.2 Å². The van der Waals surface area contributed by atoms with Crippen molar-refractivity contribution >= 4 is 39.0 Å². The molecule has 0 unspecified atom stereocenters. The summed E-state index contributed by atoms with van der Waals surface area (Å²) in [7, 11) is -3.92. The summed E-state index contributed by atoms with van der Waals surface area (Å²) in [4.78, 5) is 30.9. The van der Waals surface area contributed by atoms with Gasteiger partial charge in [-0.3, -0.25) is 4.79 Å². The Balaban J connectivity index is 1.49. The molecule has 12 heteroatoms. The third-order valence-corrected chi connectivity index (χ3v) is 11.4. The van der Waals surface area contributed by atoms with Gasteiger partial charge >= 0.3 is 12.2 Å². The van der Waals surface area contributed by atoms with Crippen molar-refractivity contribution in [2.24, 2.45) is 11.8 Å². The minimum absolute atomic E-state index is 0.0218. The van der Waals surface area contributed by atoms with Gasteiger partial charge in [0.25, 0.3) is 15.9 Å². The summed E-state index contributed by atoms with van der Waals surface area (Å²) < 4.78 is 68.4. The third-order valence-electron chi connectivity index (χ3n) is 8.19. The molecule has 3 aliphatic rings. The van der Waals surface area contributed by atoms with Crippen molar-refractivity contribution in [1.29, 1.82) is 0 Å². The van der Waals surface area contributed by atoms with E-state index in [0.717, 1.165) is 28.4 Å². The number of rotatable bonds is 5. The summed E-state index contributed by atoms with van der Waals surface area (Å²) in [5.41, 5.74) is -1.46. The predicted molar refractivity (Wildman–Crippen MR) is 138 cm³/mol. The molecule has 3 aromatic rings. The van der Waals surface area contributed by atoms with Crippen LogP contribution in [-0.2, 0) is 21.0 Å². The van der Waals surface area contributed by atoms with E-state index in [2.05, 4.69) is 0 Å². The lowest BCUT2D eigenvalue weighted by molar-refractivity contribution is -0.137. The monoisotopic (exact) mass is 575 g/mol. The molecule has 1 spiro atoms. The van der Waals surface area contributed by atoms with Crippen LogP contribution in [-0.4, -0.2) is 48.2 Å². The number of urea groups is 1. The molecule has 2 aromatic carbocycles. The van der Waals surface area contributed by atoms with Gasteiger partial charge in [0.2, 0.25) is 0 Å². The first-order valence-electron chi connectivity index (χ1n) is 12.5. The topological polar surface area (TPSA) is 78.0 Å². The van der Waals surface area contributed by atoms with Gasteiger partial charge in [0.05, 0.1) is 17.3 Å². The Kier molecular flexibility index (Phi) is 5.94. The average Bonchev–Trinajstić information content (AvgIpc) is 3.66. The number of alkyl halides is 3. The van der Waals surface area contributed by atoms with Crippen molar-refractivity contribution in [2.75, 3.05) is 18.0 Å². The van der Waals surface area contributed by atoms with Crippen LogP contribution in [0.5, 0.6) is 0 Å². The zero-order chi connectivity index (χ0) is 27.7. The van der Waals surface area contributed by atoms with E-state index in [9.17, 15) is 31.2 Å². The van der Waals surface area contributed by atoms with Gasteiger partial charge in [-0.2, -0.15) is 17.5 Å². The Morgan fingerprint density at radius 2 is 1.69 bits per heavy atom. The summed E-state index contributed by atoms with van der Waals surface area (Å²) in [6, 6.07) is 14.9. The van der Waals surface area contributed by atoms with Crippen LogP contribution in [0.25, 0.3) is 0 Å². The van der Waals surface area contributed by atoms with Gasteiger partial charge in [0, 0.05) is 19.0 Å². The number of imide groups is 1. The first-order chi connectivity index (χ1) is 18.5. The molecule has 7 nitrogen and oxygen atoms in total. The summed E-state index contributed by atoms with van der Waals surface area (Å²) in [5, 5.41) is 1.66. The van der Waals surface area contributed by atoms with E-state index in [1.807, 2.05) is 6.92 Å². The molecule has 6 rings (SSSR count). The zero-order valence-electron chi connectivity index (χ0n) is 20.7.